The lowest BCUT2D eigenvalue weighted by Crippen LogP contribution is -2.40. The number of benzene rings is 1. The Labute approximate surface area is 121 Å². The van der Waals surface area contributed by atoms with Crippen LogP contribution in [0.5, 0.6) is 0 Å². The fourth-order valence-corrected chi connectivity index (χ4v) is 2.53. The molecule has 0 bridgehead atoms. The van der Waals surface area contributed by atoms with Crippen molar-refractivity contribution in [3.63, 3.8) is 0 Å². The van der Waals surface area contributed by atoms with E-state index in [0.717, 1.165) is 5.56 Å². The number of carboxylic acid groups (broad SMARTS) is 1. The zero-order valence-electron chi connectivity index (χ0n) is 11.2. The van der Waals surface area contributed by atoms with Gasteiger partial charge in [-0.25, -0.2) is 4.79 Å². The van der Waals surface area contributed by atoms with Crippen molar-refractivity contribution in [2.45, 2.75) is 18.9 Å². The lowest BCUT2D eigenvalue weighted by Gasteiger charge is -2.19. The average Bonchev–Trinajstić information content (AvgIpc) is 3.17. The summed E-state index contributed by atoms with van der Waals surface area (Å²) in [6, 6.07) is 10.1. The molecule has 0 spiro atoms. The van der Waals surface area contributed by atoms with Crippen LogP contribution in [0.25, 0.3) is 11.3 Å². The van der Waals surface area contributed by atoms with Crippen LogP contribution in [0.1, 0.15) is 23.4 Å². The van der Waals surface area contributed by atoms with E-state index in [-0.39, 0.29) is 5.76 Å². The predicted molar refractivity (Wildman–Crippen MR) is 73.6 cm³/mol. The molecule has 1 unspecified atom stereocenters. The molecule has 6 nitrogen and oxygen atoms in total. The van der Waals surface area contributed by atoms with Crippen LogP contribution in [0, 0.1) is 0 Å². The zero-order valence-corrected chi connectivity index (χ0v) is 11.2. The normalized spacial score (nSPS) is 17.9. The van der Waals surface area contributed by atoms with E-state index in [2.05, 4.69) is 5.16 Å². The summed E-state index contributed by atoms with van der Waals surface area (Å²) in [6.45, 7) is 0.428. The number of hydrogen-bond donors (Lipinski definition) is 1. The second-order valence-corrected chi connectivity index (χ2v) is 4.94. The van der Waals surface area contributed by atoms with E-state index in [9.17, 15) is 9.59 Å². The molecule has 1 amide bonds. The molecule has 1 N–H and O–H groups in total. The second-order valence-electron chi connectivity index (χ2n) is 4.94. The number of amides is 1. The molecule has 1 aromatic carbocycles. The molecule has 1 fully saturated rings. The molecule has 0 aliphatic carbocycles. The molecule has 0 saturated carbocycles. The second kappa shape index (κ2) is 5.40. The Hall–Kier alpha value is -2.63. The molecule has 3 rings (SSSR count). The third-order valence-electron chi connectivity index (χ3n) is 3.59. The van der Waals surface area contributed by atoms with Crippen molar-refractivity contribution in [2.75, 3.05) is 6.54 Å². The number of aliphatic carboxylic acids is 1. The van der Waals surface area contributed by atoms with E-state index in [1.807, 2.05) is 30.3 Å². The minimum absolute atomic E-state index is 0.0713. The molecule has 21 heavy (non-hydrogen) atoms. The molecule has 1 aliphatic heterocycles. The highest BCUT2D eigenvalue weighted by atomic mass is 16.5. The lowest BCUT2D eigenvalue weighted by molar-refractivity contribution is -0.141. The fourth-order valence-electron chi connectivity index (χ4n) is 2.53. The maximum absolute atomic E-state index is 12.3. The average molecular weight is 286 g/mol. The summed E-state index contributed by atoms with van der Waals surface area (Å²) in [5.41, 5.74) is 1.40. The van der Waals surface area contributed by atoms with Crippen LogP contribution in [-0.4, -0.2) is 39.6 Å². The van der Waals surface area contributed by atoms with E-state index in [1.165, 1.54) is 4.90 Å². The largest absolute Gasteiger partial charge is 0.480 e. The highest BCUT2D eigenvalue weighted by Crippen LogP contribution is 2.23. The molecule has 1 saturated heterocycles. The summed E-state index contributed by atoms with van der Waals surface area (Å²) < 4.78 is 5.09. The van der Waals surface area contributed by atoms with Gasteiger partial charge in [0.1, 0.15) is 11.7 Å². The summed E-state index contributed by atoms with van der Waals surface area (Å²) in [5, 5.41) is 13.0. The minimum atomic E-state index is -0.983. The summed E-state index contributed by atoms with van der Waals surface area (Å²) in [4.78, 5) is 24.8. The van der Waals surface area contributed by atoms with Gasteiger partial charge in [-0.1, -0.05) is 35.5 Å². The van der Waals surface area contributed by atoms with E-state index in [0.29, 0.717) is 25.1 Å². The molecule has 1 atom stereocenters. The standard InChI is InChI=1S/C15H14N2O4/c18-14(17-8-4-7-12(17)15(19)20)13-9-11(16-21-13)10-5-2-1-3-6-10/h1-3,5-6,9,12H,4,7-8H2,(H,19,20). The van der Waals surface area contributed by atoms with Crippen molar-refractivity contribution in [3.05, 3.63) is 42.2 Å². The van der Waals surface area contributed by atoms with Crippen molar-refractivity contribution in [1.82, 2.24) is 10.1 Å². The summed E-state index contributed by atoms with van der Waals surface area (Å²) in [6.07, 6.45) is 1.16. The van der Waals surface area contributed by atoms with E-state index >= 15 is 0 Å². The first kappa shape index (κ1) is 13.4. The topological polar surface area (TPSA) is 83.6 Å². The monoisotopic (exact) mass is 286 g/mol. The third kappa shape index (κ3) is 2.52. The molecule has 2 aromatic rings. The van der Waals surface area contributed by atoms with Crippen LogP contribution in [-0.2, 0) is 4.79 Å². The highest BCUT2D eigenvalue weighted by Gasteiger charge is 2.36. The predicted octanol–water partition coefficient (Wildman–Crippen LogP) is 2.03. The maximum atomic E-state index is 12.3. The first-order chi connectivity index (χ1) is 10.2. The van der Waals surface area contributed by atoms with Gasteiger partial charge in [-0.15, -0.1) is 0 Å². The number of aromatic nitrogens is 1. The van der Waals surface area contributed by atoms with Crippen molar-refractivity contribution in [1.29, 1.82) is 0 Å². The number of hydrogen-bond acceptors (Lipinski definition) is 4. The van der Waals surface area contributed by atoms with Gasteiger partial charge in [0.05, 0.1) is 0 Å². The minimum Gasteiger partial charge on any atom is -0.480 e. The van der Waals surface area contributed by atoms with Crippen LogP contribution in [0.15, 0.2) is 40.9 Å². The molecule has 108 valence electrons. The highest BCUT2D eigenvalue weighted by molar-refractivity contribution is 5.95. The Morgan fingerprint density at radius 2 is 2.05 bits per heavy atom. The van der Waals surface area contributed by atoms with Gasteiger partial charge in [0.25, 0.3) is 5.91 Å². The molecule has 1 aromatic heterocycles. The van der Waals surface area contributed by atoms with Crippen molar-refractivity contribution < 1.29 is 19.2 Å². The van der Waals surface area contributed by atoms with Crippen LogP contribution in [0.3, 0.4) is 0 Å². The van der Waals surface area contributed by atoms with Gasteiger partial charge in [-0.05, 0) is 12.8 Å². The first-order valence-electron chi connectivity index (χ1n) is 6.73. The number of carbonyl (C=O) groups is 2. The van der Waals surface area contributed by atoms with Crippen molar-refractivity contribution in [2.24, 2.45) is 0 Å². The van der Waals surface area contributed by atoms with Gasteiger partial charge < -0.3 is 14.5 Å². The zero-order chi connectivity index (χ0) is 14.8. The molecule has 0 radical (unpaired) electrons. The summed E-state index contributed by atoms with van der Waals surface area (Å²) in [5.74, 6) is -1.33. The molecule has 1 aliphatic rings. The number of likely N-dealkylation sites (tertiary alicyclic amines) is 1. The smallest absolute Gasteiger partial charge is 0.326 e. The SMILES string of the molecule is O=C(O)C1CCCN1C(=O)c1cc(-c2ccccc2)no1. The van der Waals surface area contributed by atoms with Gasteiger partial charge in [-0.3, -0.25) is 4.79 Å². The summed E-state index contributed by atoms with van der Waals surface area (Å²) >= 11 is 0. The van der Waals surface area contributed by atoms with Gasteiger partial charge in [-0.2, -0.15) is 0 Å². The first-order valence-corrected chi connectivity index (χ1v) is 6.73. The molecular weight excluding hydrogens is 272 g/mol. The van der Waals surface area contributed by atoms with Gasteiger partial charge in [0.2, 0.25) is 5.76 Å². The van der Waals surface area contributed by atoms with Crippen LogP contribution in [0.2, 0.25) is 0 Å². The van der Waals surface area contributed by atoms with Crippen LogP contribution in [0.4, 0.5) is 0 Å². The molecule has 2 heterocycles. The van der Waals surface area contributed by atoms with E-state index < -0.39 is 17.9 Å². The number of carboxylic acids is 1. The Morgan fingerprint density at radius 3 is 2.76 bits per heavy atom. The number of nitrogens with zero attached hydrogens (tertiary/aromatic N) is 2. The Bertz CT molecular complexity index is 665. The molecular formula is C15H14N2O4. The van der Waals surface area contributed by atoms with Gasteiger partial charge in [0.15, 0.2) is 0 Å². The third-order valence-corrected chi connectivity index (χ3v) is 3.59. The van der Waals surface area contributed by atoms with Crippen molar-refractivity contribution >= 4 is 11.9 Å². The van der Waals surface area contributed by atoms with E-state index in [4.69, 9.17) is 9.63 Å². The van der Waals surface area contributed by atoms with E-state index in [1.54, 1.807) is 6.07 Å². The lowest BCUT2D eigenvalue weighted by atomic mass is 10.1. The van der Waals surface area contributed by atoms with Crippen molar-refractivity contribution in [3.8, 4) is 11.3 Å². The Balaban J connectivity index is 1.83. The molecule has 6 heteroatoms. The quantitative estimate of drug-likeness (QED) is 0.933. The number of carbonyl (C=O) groups excluding carboxylic acids is 1. The van der Waals surface area contributed by atoms with Crippen LogP contribution < -0.4 is 0 Å². The van der Waals surface area contributed by atoms with Gasteiger partial charge in [0, 0.05) is 18.2 Å². The summed E-state index contributed by atoms with van der Waals surface area (Å²) in [7, 11) is 0. The fraction of sp³-hybridized carbons (Fsp3) is 0.267. The van der Waals surface area contributed by atoms with Crippen LogP contribution >= 0.6 is 0 Å². The maximum Gasteiger partial charge on any atom is 0.326 e. The Morgan fingerprint density at radius 1 is 1.29 bits per heavy atom. The Kier molecular flexibility index (Phi) is 3.43. The number of rotatable bonds is 3. The van der Waals surface area contributed by atoms with Gasteiger partial charge >= 0.3 is 5.97 Å².